The highest BCUT2D eigenvalue weighted by molar-refractivity contribution is 7.89. The summed E-state index contributed by atoms with van der Waals surface area (Å²) in [6.07, 6.45) is 4.76. The van der Waals surface area contributed by atoms with Gasteiger partial charge in [0, 0.05) is 13.1 Å². The third-order valence-electron chi connectivity index (χ3n) is 5.71. The van der Waals surface area contributed by atoms with Gasteiger partial charge in [-0.05, 0) is 37.1 Å². The zero-order valence-corrected chi connectivity index (χ0v) is 14.8. The Balaban J connectivity index is 1.43. The number of carbonyl (C=O) groups is 2. The minimum atomic E-state index is -3.51. The van der Waals surface area contributed by atoms with E-state index >= 15 is 0 Å². The predicted octanol–water partition coefficient (Wildman–Crippen LogP) is 0.914. The minimum absolute atomic E-state index is 0.188. The van der Waals surface area contributed by atoms with E-state index in [-0.39, 0.29) is 28.9 Å². The molecule has 3 fully saturated rings. The third kappa shape index (κ3) is 2.09. The summed E-state index contributed by atoms with van der Waals surface area (Å²) >= 11 is 0. The molecule has 0 saturated carbocycles. The molecule has 3 saturated heterocycles. The van der Waals surface area contributed by atoms with E-state index in [9.17, 15) is 18.0 Å². The molecule has 4 heterocycles. The molecular formula is C18H18N2O5S. The number of ether oxygens (including phenoxy) is 1. The molecule has 8 heteroatoms. The summed E-state index contributed by atoms with van der Waals surface area (Å²) in [5, 5.41) is 0. The Morgan fingerprint density at radius 2 is 1.42 bits per heavy atom. The monoisotopic (exact) mass is 374 g/mol. The summed E-state index contributed by atoms with van der Waals surface area (Å²) in [5.74, 6) is -1.48. The lowest BCUT2D eigenvalue weighted by Gasteiger charge is -2.19. The molecule has 4 aliphatic rings. The topological polar surface area (TPSA) is 84.0 Å². The zero-order chi connectivity index (χ0) is 18.1. The molecule has 0 aromatic heterocycles. The number of fused-ring (bicyclic) bond motifs is 5. The lowest BCUT2D eigenvalue weighted by atomic mass is 9.85. The Kier molecular flexibility index (Phi) is 3.41. The normalized spacial score (nSPS) is 33.5. The summed E-state index contributed by atoms with van der Waals surface area (Å²) in [5.41, 5.74) is 0.411. The van der Waals surface area contributed by atoms with Crippen molar-refractivity contribution in [3.63, 3.8) is 0 Å². The molecule has 2 bridgehead atoms. The van der Waals surface area contributed by atoms with E-state index in [2.05, 4.69) is 0 Å². The molecule has 7 nitrogen and oxygen atoms in total. The molecule has 0 radical (unpaired) electrons. The summed E-state index contributed by atoms with van der Waals surface area (Å²) in [4.78, 5) is 26.9. The number of hydrogen-bond acceptors (Lipinski definition) is 5. The summed E-state index contributed by atoms with van der Waals surface area (Å²) in [6.45, 7) is 1.07. The molecular weight excluding hydrogens is 356 g/mol. The first kappa shape index (κ1) is 16.2. The van der Waals surface area contributed by atoms with E-state index in [1.807, 2.05) is 12.2 Å². The number of hydrogen-bond donors (Lipinski definition) is 0. The molecule has 5 rings (SSSR count). The second kappa shape index (κ2) is 5.48. The first-order valence-corrected chi connectivity index (χ1v) is 10.2. The molecule has 1 aromatic rings. The molecule has 2 unspecified atom stereocenters. The number of rotatable bonds is 3. The van der Waals surface area contributed by atoms with E-state index in [0.29, 0.717) is 18.8 Å². The van der Waals surface area contributed by atoms with Crippen molar-refractivity contribution in [2.24, 2.45) is 11.8 Å². The summed E-state index contributed by atoms with van der Waals surface area (Å²) in [6, 6.07) is 6.02. The molecule has 1 aromatic carbocycles. The molecule has 4 atom stereocenters. The van der Waals surface area contributed by atoms with Crippen LogP contribution in [-0.2, 0) is 24.3 Å². The number of amides is 2. The van der Waals surface area contributed by atoms with Crippen molar-refractivity contribution in [2.45, 2.75) is 29.9 Å². The highest BCUT2D eigenvalue weighted by Crippen LogP contribution is 2.46. The van der Waals surface area contributed by atoms with Gasteiger partial charge in [0.2, 0.25) is 21.8 Å². The standard InChI is InChI=1S/C18H18N2O5S/c21-17-15-13-7-8-14(25-13)16(15)18(22)20(17)11-3-5-12(6-4-11)26(23,24)19-9-1-2-10-19/h3-8,13-16H,1-2,9-10H2/t13?,14?,15-,16+. The molecule has 0 spiro atoms. The van der Waals surface area contributed by atoms with Gasteiger partial charge in [0.15, 0.2) is 0 Å². The quantitative estimate of drug-likeness (QED) is 0.580. The fourth-order valence-corrected chi connectivity index (χ4v) is 5.92. The van der Waals surface area contributed by atoms with E-state index in [1.165, 1.54) is 33.5 Å². The fourth-order valence-electron chi connectivity index (χ4n) is 4.40. The van der Waals surface area contributed by atoms with Gasteiger partial charge in [-0.1, -0.05) is 12.2 Å². The number of nitrogens with zero attached hydrogens (tertiary/aromatic N) is 2. The summed E-state index contributed by atoms with van der Waals surface area (Å²) in [7, 11) is -3.51. The van der Waals surface area contributed by atoms with Gasteiger partial charge in [-0.2, -0.15) is 4.31 Å². The van der Waals surface area contributed by atoms with Crippen LogP contribution in [0, 0.1) is 11.8 Å². The SMILES string of the molecule is O=C1[C@@H]2C3C=CC(O3)[C@@H]2C(=O)N1c1ccc(S(=O)(=O)N2CCCC2)cc1. The smallest absolute Gasteiger partial charge is 0.243 e. The maximum absolute atomic E-state index is 12.7. The average molecular weight is 374 g/mol. The largest absolute Gasteiger partial charge is 0.365 e. The van der Waals surface area contributed by atoms with Gasteiger partial charge in [-0.25, -0.2) is 13.3 Å². The van der Waals surface area contributed by atoms with Crippen LogP contribution in [0.2, 0.25) is 0 Å². The number of anilines is 1. The average Bonchev–Trinajstić information content (AvgIpc) is 3.40. The molecule has 0 aliphatic carbocycles. The van der Waals surface area contributed by atoms with E-state index in [4.69, 9.17) is 4.74 Å². The number of imide groups is 1. The second-order valence-electron chi connectivity index (χ2n) is 7.12. The highest BCUT2D eigenvalue weighted by atomic mass is 32.2. The van der Waals surface area contributed by atoms with Crippen molar-refractivity contribution in [3.8, 4) is 0 Å². The van der Waals surface area contributed by atoms with Crippen molar-refractivity contribution in [1.82, 2.24) is 4.31 Å². The van der Waals surface area contributed by atoms with Crippen molar-refractivity contribution < 1.29 is 22.7 Å². The van der Waals surface area contributed by atoms with Crippen LogP contribution in [0.3, 0.4) is 0 Å². The third-order valence-corrected chi connectivity index (χ3v) is 7.62. The number of benzene rings is 1. The summed E-state index contributed by atoms with van der Waals surface area (Å²) < 4.78 is 32.3. The van der Waals surface area contributed by atoms with Gasteiger partial charge in [0.25, 0.3) is 0 Å². The molecule has 26 heavy (non-hydrogen) atoms. The van der Waals surface area contributed by atoms with Crippen LogP contribution in [0.15, 0.2) is 41.3 Å². The molecule has 4 aliphatic heterocycles. The molecule has 136 valence electrons. The zero-order valence-electron chi connectivity index (χ0n) is 13.9. The van der Waals surface area contributed by atoms with Crippen LogP contribution in [0.1, 0.15) is 12.8 Å². The highest BCUT2D eigenvalue weighted by Gasteiger charge is 2.61. The van der Waals surface area contributed by atoms with Gasteiger partial charge in [0.05, 0.1) is 34.6 Å². The Bertz CT molecular complexity index is 887. The van der Waals surface area contributed by atoms with Gasteiger partial charge in [0.1, 0.15) is 0 Å². The van der Waals surface area contributed by atoms with Crippen molar-refractivity contribution in [1.29, 1.82) is 0 Å². The Labute approximate surface area is 151 Å². The second-order valence-corrected chi connectivity index (χ2v) is 9.06. The van der Waals surface area contributed by atoms with E-state index < -0.39 is 21.9 Å². The maximum atomic E-state index is 12.7. The van der Waals surface area contributed by atoms with Crippen molar-refractivity contribution in [3.05, 3.63) is 36.4 Å². The number of sulfonamides is 1. The molecule has 2 amide bonds. The van der Waals surface area contributed by atoms with Crippen LogP contribution in [0.25, 0.3) is 0 Å². The predicted molar refractivity (Wildman–Crippen MR) is 91.7 cm³/mol. The lowest BCUT2D eigenvalue weighted by Crippen LogP contribution is -2.34. The Hall–Kier alpha value is -2.03. The van der Waals surface area contributed by atoms with Crippen molar-refractivity contribution >= 4 is 27.5 Å². The van der Waals surface area contributed by atoms with Gasteiger partial charge < -0.3 is 4.74 Å². The first-order chi connectivity index (χ1) is 12.5. The van der Waals surface area contributed by atoms with Crippen LogP contribution >= 0.6 is 0 Å². The lowest BCUT2D eigenvalue weighted by molar-refractivity contribution is -0.124. The Morgan fingerprint density at radius 3 is 1.96 bits per heavy atom. The maximum Gasteiger partial charge on any atom is 0.243 e. The fraction of sp³-hybridized carbons (Fsp3) is 0.444. The van der Waals surface area contributed by atoms with Crippen LogP contribution in [0.4, 0.5) is 5.69 Å². The van der Waals surface area contributed by atoms with Gasteiger partial charge in [-0.3, -0.25) is 9.59 Å². The molecule has 0 N–H and O–H groups in total. The Morgan fingerprint density at radius 1 is 0.885 bits per heavy atom. The van der Waals surface area contributed by atoms with Crippen LogP contribution < -0.4 is 4.90 Å². The van der Waals surface area contributed by atoms with Crippen LogP contribution in [0.5, 0.6) is 0 Å². The van der Waals surface area contributed by atoms with Crippen molar-refractivity contribution in [2.75, 3.05) is 18.0 Å². The van der Waals surface area contributed by atoms with E-state index in [1.54, 1.807) is 0 Å². The van der Waals surface area contributed by atoms with Gasteiger partial charge >= 0.3 is 0 Å². The van der Waals surface area contributed by atoms with Crippen LogP contribution in [-0.4, -0.2) is 49.8 Å². The minimum Gasteiger partial charge on any atom is -0.365 e. The number of carbonyl (C=O) groups excluding carboxylic acids is 2. The first-order valence-electron chi connectivity index (χ1n) is 8.80. The van der Waals surface area contributed by atoms with Gasteiger partial charge in [-0.15, -0.1) is 0 Å². The van der Waals surface area contributed by atoms with E-state index in [0.717, 1.165) is 12.8 Å².